The minimum Gasteiger partial charge on any atom is -0.316 e. The van der Waals surface area contributed by atoms with Crippen molar-refractivity contribution in [2.75, 3.05) is 13.1 Å². The minimum atomic E-state index is -0.298. The number of hydrogen-bond donors (Lipinski definition) is 1. The predicted molar refractivity (Wildman–Crippen MR) is 79.0 cm³/mol. The van der Waals surface area contributed by atoms with E-state index in [-0.39, 0.29) is 5.82 Å². The van der Waals surface area contributed by atoms with E-state index >= 15 is 0 Å². The average Bonchev–Trinajstić information content (AvgIpc) is 2.34. The van der Waals surface area contributed by atoms with Gasteiger partial charge in [-0.05, 0) is 61.7 Å². The van der Waals surface area contributed by atoms with Crippen LogP contribution in [0.4, 0.5) is 4.39 Å². The average molecular weight is 284 g/mol. The van der Waals surface area contributed by atoms with Gasteiger partial charge in [-0.2, -0.15) is 0 Å². The zero-order chi connectivity index (χ0) is 13.8. The third-order valence-corrected chi connectivity index (χ3v) is 4.47. The van der Waals surface area contributed by atoms with Crippen molar-refractivity contribution in [2.45, 2.75) is 33.1 Å². The molecule has 1 aliphatic rings. The Labute approximate surface area is 120 Å². The summed E-state index contributed by atoms with van der Waals surface area (Å²) >= 11 is 6.02. The summed E-state index contributed by atoms with van der Waals surface area (Å²) in [7, 11) is 0. The second-order valence-corrected chi connectivity index (χ2v) is 6.44. The second kappa shape index (κ2) is 6.71. The zero-order valence-corrected chi connectivity index (χ0v) is 12.5. The molecule has 0 aromatic heterocycles. The number of benzene rings is 1. The van der Waals surface area contributed by atoms with Gasteiger partial charge in [0.15, 0.2) is 0 Å². The fourth-order valence-electron chi connectivity index (χ4n) is 2.72. The first-order chi connectivity index (χ1) is 9.08. The summed E-state index contributed by atoms with van der Waals surface area (Å²) in [6.07, 6.45) is 3.42. The summed E-state index contributed by atoms with van der Waals surface area (Å²) < 4.78 is 13.4. The van der Waals surface area contributed by atoms with Crippen LogP contribution in [0.3, 0.4) is 0 Å². The van der Waals surface area contributed by atoms with Crippen LogP contribution in [0.15, 0.2) is 18.2 Å². The Morgan fingerprint density at radius 2 is 2.05 bits per heavy atom. The lowest BCUT2D eigenvalue weighted by molar-refractivity contribution is 0.169. The lowest BCUT2D eigenvalue weighted by Gasteiger charge is -2.37. The van der Waals surface area contributed by atoms with Crippen LogP contribution < -0.4 is 5.32 Å². The molecule has 1 nitrogen and oxygen atoms in total. The standard InChI is InChI=1S/C16H23ClFN/c1-11(2)9-19-10-14-7-6-12(14)8-13-4-3-5-15(18)16(13)17/h3-5,11-12,14,19H,6-10H2,1-2H3. The lowest BCUT2D eigenvalue weighted by Crippen LogP contribution is -2.37. The molecule has 1 N–H and O–H groups in total. The molecule has 2 atom stereocenters. The van der Waals surface area contributed by atoms with Crippen LogP contribution in [-0.4, -0.2) is 13.1 Å². The third kappa shape index (κ3) is 3.93. The molecule has 1 aromatic carbocycles. The van der Waals surface area contributed by atoms with Crippen LogP contribution in [0, 0.1) is 23.6 Å². The Bertz CT molecular complexity index is 419. The van der Waals surface area contributed by atoms with Gasteiger partial charge in [0.25, 0.3) is 0 Å². The maximum Gasteiger partial charge on any atom is 0.142 e. The van der Waals surface area contributed by atoms with Crippen molar-refractivity contribution in [3.63, 3.8) is 0 Å². The second-order valence-electron chi connectivity index (χ2n) is 6.07. The monoisotopic (exact) mass is 283 g/mol. The Morgan fingerprint density at radius 1 is 1.32 bits per heavy atom. The molecule has 0 amide bonds. The molecule has 0 heterocycles. The molecule has 1 saturated carbocycles. The fourth-order valence-corrected chi connectivity index (χ4v) is 2.92. The molecule has 106 valence electrons. The maximum absolute atomic E-state index is 13.4. The lowest BCUT2D eigenvalue weighted by atomic mass is 9.70. The van der Waals surface area contributed by atoms with Crippen LogP contribution in [0.1, 0.15) is 32.3 Å². The van der Waals surface area contributed by atoms with E-state index in [0.717, 1.165) is 31.0 Å². The first-order valence-electron chi connectivity index (χ1n) is 7.21. The van der Waals surface area contributed by atoms with Crippen molar-refractivity contribution in [1.82, 2.24) is 5.32 Å². The van der Waals surface area contributed by atoms with E-state index in [1.807, 2.05) is 6.07 Å². The quantitative estimate of drug-likeness (QED) is 0.821. The van der Waals surface area contributed by atoms with Crippen molar-refractivity contribution in [3.8, 4) is 0 Å². The largest absolute Gasteiger partial charge is 0.316 e. The maximum atomic E-state index is 13.4. The van der Waals surface area contributed by atoms with Gasteiger partial charge in [-0.3, -0.25) is 0 Å². The number of nitrogens with one attached hydrogen (secondary N) is 1. The first kappa shape index (κ1) is 14.8. The van der Waals surface area contributed by atoms with Gasteiger partial charge < -0.3 is 5.32 Å². The van der Waals surface area contributed by atoms with Crippen molar-refractivity contribution in [2.24, 2.45) is 17.8 Å². The van der Waals surface area contributed by atoms with E-state index in [2.05, 4.69) is 19.2 Å². The SMILES string of the molecule is CC(C)CNCC1CCC1Cc1cccc(F)c1Cl. The highest BCUT2D eigenvalue weighted by molar-refractivity contribution is 6.31. The number of hydrogen-bond acceptors (Lipinski definition) is 1. The Balaban J connectivity index is 1.84. The van der Waals surface area contributed by atoms with Gasteiger partial charge in [0.2, 0.25) is 0 Å². The Kier molecular flexibility index (Phi) is 5.23. The molecule has 0 aliphatic heterocycles. The van der Waals surface area contributed by atoms with Gasteiger partial charge in [-0.15, -0.1) is 0 Å². The van der Waals surface area contributed by atoms with Crippen LogP contribution in [0.5, 0.6) is 0 Å². The highest BCUT2D eigenvalue weighted by Crippen LogP contribution is 2.37. The molecule has 3 heteroatoms. The molecular formula is C16H23ClFN. The number of rotatable bonds is 6. The summed E-state index contributed by atoms with van der Waals surface area (Å²) in [5, 5.41) is 3.83. The van der Waals surface area contributed by atoms with Gasteiger partial charge in [0.05, 0.1) is 5.02 Å². The van der Waals surface area contributed by atoms with E-state index in [9.17, 15) is 4.39 Å². The van der Waals surface area contributed by atoms with E-state index in [4.69, 9.17) is 11.6 Å². The summed E-state index contributed by atoms with van der Waals surface area (Å²) in [6.45, 7) is 6.59. The molecule has 1 aliphatic carbocycles. The van der Waals surface area contributed by atoms with Gasteiger partial charge in [-0.25, -0.2) is 4.39 Å². The summed E-state index contributed by atoms with van der Waals surface area (Å²) in [5.74, 6) is 1.77. The highest BCUT2D eigenvalue weighted by Gasteiger charge is 2.30. The molecular weight excluding hydrogens is 261 g/mol. The van der Waals surface area contributed by atoms with Crippen molar-refractivity contribution in [3.05, 3.63) is 34.6 Å². The molecule has 0 radical (unpaired) electrons. The normalized spacial score (nSPS) is 22.6. The van der Waals surface area contributed by atoms with Gasteiger partial charge in [-0.1, -0.05) is 37.6 Å². The van der Waals surface area contributed by atoms with Crippen molar-refractivity contribution >= 4 is 11.6 Å². The Morgan fingerprint density at radius 3 is 2.68 bits per heavy atom. The van der Waals surface area contributed by atoms with Gasteiger partial charge in [0, 0.05) is 0 Å². The Hall–Kier alpha value is -0.600. The van der Waals surface area contributed by atoms with Crippen molar-refractivity contribution < 1.29 is 4.39 Å². The van der Waals surface area contributed by atoms with E-state index < -0.39 is 0 Å². The summed E-state index contributed by atoms with van der Waals surface area (Å²) in [6, 6.07) is 5.12. The van der Waals surface area contributed by atoms with Gasteiger partial charge >= 0.3 is 0 Å². The van der Waals surface area contributed by atoms with E-state index in [1.54, 1.807) is 6.07 Å². The zero-order valence-electron chi connectivity index (χ0n) is 11.8. The van der Waals surface area contributed by atoms with Crippen LogP contribution in [-0.2, 0) is 6.42 Å². The summed E-state index contributed by atoms with van der Waals surface area (Å²) in [5.41, 5.74) is 0.959. The molecule has 1 aromatic rings. The molecule has 1 fully saturated rings. The summed E-state index contributed by atoms with van der Waals surface area (Å²) in [4.78, 5) is 0. The first-order valence-corrected chi connectivity index (χ1v) is 7.59. The van der Waals surface area contributed by atoms with E-state index in [1.165, 1.54) is 18.9 Å². The van der Waals surface area contributed by atoms with Crippen LogP contribution in [0.2, 0.25) is 5.02 Å². The topological polar surface area (TPSA) is 12.0 Å². The minimum absolute atomic E-state index is 0.298. The molecule has 0 spiro atoms. The molecule has 19 heavy (non-hydrogen) atoms. The van der Waals surface area contributed by atoms with Crippen LogP contribution >= 0.6 is 11.6 Å². The predicted octanol–water partition coefficient (Wildman–Crippen LogP) is 4.29. The number of halogens is 2. The fraction of sp³-hybridized carbons (Fsp3) is 0.625. The molecule has 2 unspecified atom stereocenters. The van der Waals surface area contributed by atoms with Crippen molar-refractivity contribution in [1.29, 1.82) is 0 Å². The van der Waals surface area contributed by atoms with Gasteiger partial charge in [0.1, 0.15) is 5.82 Å². The third-order valence-electron chi connectivity index (χ3n) is 4.05. The molecule has 2 rings (SSSR count). The van der Waals surface area contributed by atoms with E-state index in [0.29, 0.717) is 16.9 Å². The van der Waals surface area contributed by atoms with Crippen LogP contribution in [0.25, 0.3) is 0 Å². The molecule has 0 bridgehead atoms. The molecule has 0 saturated heterocycles. The smallest absolute Gasteiger partial charge is 0.142 e. The highest BCUT2D eigenvalue weighted by atomic mass is 35.5.